The second kappa shape index (κ2) is 4.00. The monoisotopic (exact) mass is 203 g/mol. The van der Waals surface area contributed by atoms with Gasteiger partial charge in [0.2, 0.25) is 5.95 Å². The number of nitrogens with two attached hydrogens (primary N) is 1. The van der Waals surface area contributed by atoms with E-state index in [1.165, 1.54) is 5.56 Å². The number of nitrogen functional groups attached to an aromatic ring is 1. The maximum absolute atomic E-state index is 5.39. The number of rotatable bonds is 3. The Kier molecular flexibility index (Phi) is 2.53. The molecule has 0 bridgehead atoms. The zero-order valence-electron chi connectivity index (χ0n) is 8.49. The van der Waals surface area contributed by atoms with E-state index in [1.807, 2.05) is 12.1 Å². The predicted octanol–water partition coefficient (Wildman–Crippen LogP) is 1.31. The first-order valence-corrected chi connectivity index (χ1v) is 4.71. The lowest BCUT2D eigenvalue weighted by Crippen LogP contribution is -2.01. The molecular formula is C10H13N5. The highest BCUT2D eigenvalue weighted by molar-refractivity contribution is 5.44. The van der Waals surface area contributed by atoms with Crippen LogP contribution in [0.4, 0.5) is 11.6 Å². The number of anilines is 2. The normalized spacial score (nSPS) is 10.2. The topological polar surface area (TPSA) is 79.6 Å². The molecule has 78 valence electrons. The van der Waals surface area contributed by atoms with Crippen LogP contribution in [0.2, 0.25) is 0 Å². The molecule has 1 aromatic heterocycles. The second-order valence-corrected chi connectivity index (χ2v) is 3.36. The van der Waals surface area contributed by atoms with Crippen molar-refractivity contribution in [1.82, 2.24) is 15.2 Å². The van der Waals surface area contributed by atoms with Crippen LogP contribution in [-0.2, 0) is 6.54 Å². The number of benzene rings is 1. The number of hydrogen-bond acceptors (Lipinski definition) is 4. The molecule has 0 aliphatic carbocycles. The van der Waals surface area contributed by atoms with E-state index in [0.29, 0.717) is 6.54 Å². The van der Waals surface area contributed by atoms with E-state index >= 15 is 0 Å². The van der Waals surface area contributed by atoms with Gasteiger partial charge in [-0.15, -0.1) is 5.10 Å². The van der Waals surface area contributed by atoms with Gasteiger partial charge >= 0.3 is 0 Å². The lowest BCUT2D eigenvalue weighted by molar-refractivity contribution is 0.955. The molecule has 0 saturated heterocycles. The first-order valence-electron chi connectivity index (χ1n) is 4.71. The van der Waals surface area contributed by atoms with Crippen LogP contribution in [0.5, 0.6) is 0 Å². The molecule has 1 heterocycles. The highest BCUT2D eigenvalue weighted by atomic mass is 15.3. The average molecular weight is 203 g/mol. The van der Waals surface area contributed by atoms with Crippen molar-refractivity contribution >= 4 is 11.6 Å². The van der Waals surface area contributed by atoms with Crippen LogP contribution in [0.15, 0.2) is 24.3 Å². The molecular weight excluding hydrogens is 190 g/mol. The Morgan fingerprint density at radius 1 is 1.33 bits per heavy atom. The number of aryl methyl sites for hydroxylation is 1. The molecule has 4 N–H and O–H groups in total. The van der Waals surface area contributed by atoms with E-state index in [-0.39, 0.29) is 5.95 Å². The third-order valence-electron chi connectivity index (χ3n) is 2.06. The van der Waals surface area contributed by atoms with Crippen molar-refractivity contribution in [1.29, 1.82) is 0 Å². The van der Waals surface area contributed by atoms with E-state index in [2.05, 4.69) is 39.6 Å². The Morgan fingerprint density at radius 2 is 2.07 bits per heavy atom. The van der Waals surface area contributed by atoms with E-state index in [4.69, 9.17) is 5.73 Å². The molecule has 5 heteroatoms. The van der Waals surface area contributed by atoms with Crippen LogP contribution in [0.25, 0.3) is 0 Å². The molecule has 5 nitrogen and oxygen atoms in total. The molecule has 0 saturated carbocycles. The van der Waals surface area contributed by atoms with Gasteiger partial charge in [0, 0.05) is 5.69 Å². The summed E-state index contributed by atoms with van der Waals surface area (Å²) in [7, 11) is 0. The van der Waals surface area contributed by atoms with Gasteiger partial charge in [-0.05, 0) is 19.1 Å². The Labute approximate surface area is 87.7 Å². The van der Waals surface area contributed by atoms with Crippen LogP contribution in [0.3, 0.4) is 0 Å². The number of nitrogens with one attached hydrogen (secondary N) is 2. The van der Waals surface area contributed by atoms with Gasteiger partial charge in [-0.25, -0.2) is 0 Å². The van der Waals surface area contributed by atoms with Crippen molar-refractivity contribution in [3.63, 3.8) is 0 Å². The quantitative estimate of drug-likeness (QED) is 0.702. The summed E-state index contributed by atoms with van der Waals surface area (Å²) < 4.78 is 0. The predicted molar refractivity (Wildman–Crippen MR) is 59.3 cm³/mol. The Morgan fingerprint density at radius 3 is 2.67 bits per heavy atom. The fourth-order valence-corrected chi connectivity index (χ4v) is 1.25. The van der Waals surface area contributed by atoms with Crippen molar-refractivity contribution in [2.45, 2.75) is 13.5 Å². The third kappa shape index (κ3) is 2.46. The highest BCUT2D eigenvalue weighted by Crippen LogP contribution is 2.09. The van der Waals surface area contributed by atoms with Crippen molar-refractivity contribution in [3.05, 3.63) is 35.7 Å². The lowest BCUT2D eigenvalue weighted by Gasteiger charge is -2.03. The molecule has 0 aliphatic rings. The van der Waals surface area contributed by atoms with Gasteiger partial charge in [0.05, 0.1) is 6.54 Å². The Bertz CT molecular complexity index is 431. The smallest absolute Gasteiger partial charge is 0.239 e. The van der Waals surface area contributed by atoms with Crippen LogP contribution in [0.1, 0.15) is 11.4 Å². The van der Waals surface area contributed by atoms with Gasteiger partial charge in [0.25, 0.3) is 0 Å². The zero-order chi connectivity index (χ0) is 10.7. The maximum Gasteiger partial charge on any atom is 0.239 e. The summed E-state index contributed by atoms with van der Waals surface area (Å²) in [6.45, 7) is 2.65. The van der Waals surface area contributed by atoms with E-state index in [9.17, 15) is 0 Å². The number of H-pyrrole nitrogens is 1. The fourth-order valence-electron chi connectivity index (χ4n) is 1.25. The maximum atomic E-state index is 5.39. The van der Waals surface area contributed by atoms with Crippen LogP contribution in [0, 0.1) is 6.92 Å². The van der Waals surface area contributed by atoms with Gasteiger partial charge in [0.1, 0.15) is 5.82 Å². The van der Waals surface area contributed by atoms with Crippen molar-refractivity contribution in [2.75, 3.05) is 11.1 Å². The molecule has 0 fully saturated rings. The summed E-state index contributed by atoms with van der Waals surface area (Å²) in [5.41, 5.74) is 7.68. The average Bonchev–Trinajstić information content (AvgIpc) is 2.64. The van der Waals surface area contributed by atoms with Crippen molar-refractivity contribution < 1.29 is 0 Å². The summed E-state index contributed by atoms with van der Waals surface area (Å²) in [4.78, 5) is 3.99. The number of aromatic nitrogens is 3. The zero-order valence-corrected chi connectivity index (χ0v) is 8.49. The van der Waals surface area contributed by atoms with Crippen molar-refractivity contribution in [2.24, 2.45) is 0 Å². The molecule has 15 heavy (non-hydrogen) atoms. The first kappa shape index (κ1) is 9.51. The van der Waals surface area contributed by atoms with Crippen LogP contribution >= 0.6 is 0 Å². The minimum Gasteiger partial charge on any atom is -0.378 e. The van der Waals surface area contributed by atoms with Gasteiger partial charge < -0.3 is 11.1 Å². The molecule has 0 aliphatic heterocycles. The molecule has 0 amide bonds. The van der Waals surface area contributed by atoms with Gasteiger partial charge in [-0.3, -0.25) is 5.10 Å². The summed E-state index contributed by atoms with van der Waals surface area (Å²) in [5.74, 6) is 1.00. The molecule has 0 unspecified atom stereocenters. The van der Waals surface area contributed by atoms with Gasteiger partial charge in [-0.1, -0.05) is 17.7 Å². The van der Waals surface area contributed by atoms with E-state index in [1.54, 1.807) is 0 Å². The second-order valence-electron chi connectivity index (χ2n) is 3.36. The van der Waals surface area contributed by atoms with Crippen LogP contribution in [-0.4, -0.2) is 15.2 Å². The molecule has 1 aromatic carbocycles. The van der Waals surface area contributed by atoms with Crippen LogP contribution < -0.4 is 11.1 Å². The van der Waals surface area contributed by atoms with E-state index < -0.39 is 0 Å². The van der Waals surface area contributed by atoms with E-state index in [0.717, 1.165) is 11.5 Å². The highest BCUT2D eigenvalue weighted by Gasteiger charge is 1.98. The third-order valence-corrected chi connectivity index (χ3v) is 2.06. The summed E-state index contributed by atoms with van der Waals surface area (Å²) in [6.07, 6.45) is 0. The number of hydrogen-bond donors (Lipinski definition) is 3. The summed E-state index contributed by atoms with van der Waals surface area (Å²) in [6, 6.07) is 8.15. The minimum atomic E-state index is 0.274. The molecule has 2 rings (SSSR count). The SMILES string of the molecule is Cc1ccc(NCc2nc(N)n[nH]2)cc1. The van der Waals surface area contributed by atoms with Crippen molar-refractivity contribution in [3.8, 4) is 0 Å². The Hall–Kier alpha value is -2.04. The molecule has 2 aromatic rings. The van der Waals surface area contributed by atoms with Gasteiger partial charge in [-0.2, -0.15) is 4.98 Å². The molecule has 0 atom stereocenters. The summed E-state index contributed by atoms with van der Waals surface area (Å²) in [5, 5.41) is 9.70. The first-order chi connectivity index (χ1) is 7.24. The minimum absolute atomic E-state index is 0.274. The molecule has 0 spiro atoms. The van der Waals surface area contributed by atoms with Gasteiger partial charge in [0.15, 0.2) is 0 Å². The largest absolute Gasteiger partial charge is 0.378 e. The standard InChI is InChI=1S/C10H13N5/c1-7-2-4-8(5-3-7)12-6-9-13-10(11)15-14-9/h2-5,12H,6H2,1H3,(H3,11,13,14,15). The molecule has 0 radical (unpaired) electrons. The lowest BCUT2D eigenvalue weighted by atomic mass is 10.2. The number of aromatic amines is 1. The Balaban J connectivity index is 1.96. The number of nitrogens with zero attached hydrogens (tertiary/aromatic N) is 2. The fraction of sp³-hybridized carbons (Fsp3) is 0.200. The summed E-state index contributed by atoms with van der Waals surface area (Å²) >= 11 is 0.